The van der Waals surface area contributed by atoms with Gasteiger partial charge in [0.15, 0.2) is 5.65 Å². The average molecular weight is 371 g/mol. The van der Waals surface area contributed by atoms with Crippen molar-refractivity contribution in [3.63, 3.8) is 0 Å². The fourth-order valence-electron chi connectivity index (χ4n) is 2.11. The predicted octanol–water partition coefficient (Wildman–Crippen LogP) is 5.03. The second-order valence-electron chi connectivity index (χ2n) is 4.31. The molecule has 0 unspecified atom stereocenters. The number of hydrogen-bond acceptors (Lipinski definition) is 2. The van der Waals surface area contributed by atoms with E-state index in [9.17, 15) is 0 Å². The molecule has 0 aliphatic heterocycles. The van der Waals surface area contributed by atoms with E-state index in [-0.39, 0.29) is 0 Å². The molecule has 3 rings (SSSR count). The van der Waals surface area contributed by atoms with Crippen LogP contribution in [0.1, 0.15) is 12.5 Å². The molecule has 0 spiro atoms. The highest BCUT2D eigenvalue weighted by Gasteiger charge is 2.18. The molecule has 0 amide bonds. The zero-order chi connectivity index (χ0) is 14.3. The molecule has 0 saturated heterocycles. The molecular formula is C14H10BrCl2N3. The van der Waals surface area contributed by atoms with E-state index in [1.165, 1.54) is 0 Å². The van der Waals surface area contributed by atoms with Crippen LogP contribution >= 0.6 is 39.1 Å². The third-order valence-corrected chi connectivity index (χ3v) is 4.46. The van der Waals surface area contributed by atoms with Gasteiger partial charge in [0.05, 0.1) is 11.8 Å². The summed E-state index contributed by atoms with van der Waals surface area (Å²) in [5.74, 6) is 0. The van der Waals surface area contributed by atoms with Crippen LogP contribution in [0.5, 0.6) is 0 Å². The Kier molecular flexibility index (Phi) is 3.71. The smallest absolute Gasteiger partial charge is 0.161 e. The van der Waals surface area contributed by atoms with Gasteiger partial charge in [0.1, 0.15) is 10.3 Å². The molecule has 20 heavy (non-hydrogen) atoms. The predicted molar refractivity (Wildman–Crippen MR) is 85.5 cm³/mol. The first kappa shape index (κ1) is 13.9. The molecule has 2 heterocycles. The molecule has 0 aliphatic rings. The summed E-state index contributed by atoms with van der Waals surface area (Å²) in [6, 6.07) is 7.74. The largest absolute Gasteiger partial charge is 0.216 e. The van der Waals surface area contributed by atoms with Gasteiger partial charge in [-0.05, 0) is 12.5 Å². The number of fused-ring (bicyclic) bond motifs is 1. The van der Waals surface area contributed by atoms with Gasteiger partial charge in [0.2, 0.25) is 0 Å². The summed E-state index contributed by atoms with van der Waals surface area (Å²) >= 11 is 16.3. The van der Waals surface area contributed by atoms with Crippen LogP contribution in [0, 0.1) is 0 Å². The van der Waals surface area contributed by atoms with Crippen molar-refractivity contribution in [3.8, 4) is 11.1 Å². The SMILES string of the molecule is CCc1cnn2c(Cl)c(-c3ccccc3Br)c(Cl)nc12. The van der Waals surface area contributed by atoms with Crippen molar-refractivity contribution in [3.05, 3.63) is 50.8 Å². The monoisotopic (exact) mass is 369 g/mol. The van der Waals surface area contributed by atoms with E-state index >= 15 is 0 Å². The summed E-state index contributed by atoms with van der Waals surface area (Å²) in [6.07, 6.45) is 2.60. The van der Waals surface area contributed by atoms with Crippen molar-refractivity contribution >= 4 is 44.8 Å². The number of aryl methyl sites for hydroxylation is 1. The summed E-state index contributed by atoms with van der Waals surface area (Å²) in [4.78, 5) is 4.45. The standard InChI is InChI=1S/C14H10BrCl2N3/c1-2-8-7-18-20-13(17)11(12(16)19-14(8)20)9-5-3-4-6-10(9)15/h3-7H,2H2,1H3. The number of benzene rings is 1. The van der Waals surface area contributed by atoms with Crippen molar-refractivity contribution in [1.82, 2.24) is 14.6 Å². The summed E-state index contributed by atoms with van der Waals surface area (Å²) in [6.45, 7) is 2.04. The van der Waals surface area contributed by atoms with Gasteiger partial charge in [0, 0.05) is 15.6 Å². The highest BCUT2D eigenvalue weighted by atomic mass is 79.9. The van der Waals surface area contributed by atoms with Crippen molar-refractivity contribution in [2.24, 2.45) is 0 Å². The van der Waals surface area contributed by atoms with Crippen LogP contribution in [0.4, 0.5) is 0 Å². The third kappa shape index (κ3) is 2.12. The topological polar surface area (TPSA) is 30.2 Å². The third-order valence-electron chi connectivity index (χ3n) is 3.14. The molecule has 3 aromatic rings. The van der Waals surface area contributed by atoms with E-state index in [1.54, 1.807) is 10.7 Å². The maximum Gasteiger partial charge on any atom is 0.161 e. The molecule has 0 radical (unpaired) electrons. The first-order chi connectivity index (χ1) is 9.63. The van der Waals surface area contributed by atoms with Gasteiger partial charge < -0.3 is 0 Å². The molecule has 3 nitrogen and oxygen atoms in total. The molecule has 0 bridgehead atoms. The highest BCUT2D eigenvalue weighted by Crippen LogP contribution is 2.38. The molecule has 0 aliphatic carbocycles. The minimum absolute atomic E-state index is 0.379. The van der Waals surface area contributed by atoms with Crippen LogP contribution in [0.3, 0.4) is 0 Å². The zero-order valence-electron chi connectivity index (χ0n) is 10.6. The van der Waals surface area contributed by atoms with Crippen molar-refractivity contribution in [2.45, 2.75) is 13.3 Å². The van der Waals surface area contributed by atoms with Crippen LogP contribution in [0.15, 0.2) is 34.9 Å². The molecule has 1 aromatic carbocycles. The van der Waals surface area contributed by atoms with E-state index in [2.05, 4.69) is 26.0 Å². The molecule has 0 N–H and O–H groups in total. The van der Waals surface area contributed by atoms with E-state index < -0.39 is 0 Å². The Bertz CT molecular complexity index is 798. The quantitative estimate of drug-likeness (QED) is 0.592. The number of aromatic nitrogens is 3. The van der Waals surface area contributed by atoms with E-state index in [1.807, 2.05) is 31.2 Å². The van der Waals surface area contributed by atoms with Crippen molar-refractivity contribution in [1.29, 1.82) is 0 Å². The molecule has 0 atom stereocenters. The lowest BCUT2D eigenvalue weighted by Gasteiger charge is -2.10. The second-order valence-corrected chi connectivity index (χ2v) is 5.88. The molecular weight excluding hydrogens is 361 g/mol. The van der Waals surface area contributed by atoms with Gasteiger partial charge in [-0.3, -0.25) is 0 Å². The second kappa shape index (κ2) is 5.35. The Labute approximate surface area is 134 Å². The Morgan fingerprint density at radius 3 is 2.70 bits per heavy atom. The highest BCUT2D eigenvalue weighted by molar-refractivity contribution is 9.10. The lowest BCUT2D eigenvalue weighted by Crippen LogP contribution is -1.98. The molecule has 0 fully saturated rings. The lowest BCUT2D eigenvalue weighted by molar-refractivity contribution is 0.942. The Morgan fingerprint density at radius 1 is 1.25 bits per heavy atom. The maximum absolute atomic E-state index is 6.48. The zero-order valence-corrected chi connectivity index (χ0v) is 13.7. The summed E-state index contributed by atoms with van der Waals surface area (Å²) in [5, 5.41) is 5.14. The van der Waals surface area contributed by atoms with Crippen LogP contribution in [0.2, 0.25) is 10.3 Å². The van der Waals surface area contributed by atoms with Crippen molar-refractivity contribution in [2.75, 3.05) is 0 Å². The van der Waals surface area contributed by atoms with Gasteiger partial charge in [-0.25, -0.2) is 9.50 Å². The Hall–Kier alpha value is -1.10. The van der Waals surface area contributed by atoms with Gasteiger partial charge >= 0.3 is 0 Å². The van der Waals surface area contributed by atoms with Crippen LogP contribution in [-0.2, 0) is 6.42 Å². The molecule has 6 heteroatoms. The first-order valence-electron chi connectivity index (χ1n) is 6.10. The molecule has 102 valence electrons. The number of halogens is 3. The minimum atomic E-state index is 0.379. The van der Waals surface area contributed by atoms with Gasteiger partial charge in [-0.15, -0.1) is 0 Å². The summed E-state index contributed by atoms with van der Waals surface area (Å²) in [5.41, 5.74) is 3.30. The van der Waals surface area contributed by atoms with Crippen LogP contribution in [0.25, 0.3) is 16.8 Å². The van der Waals surface area contributed by atoms with Crippen molar-refractivity contribution < 1.29 is 0 Å². The van der Waals surface area contributed by atoms with Crippen LogP contribution in [-0.4, -0.2) is 14.6 Å². The number of rotatable bonds is 2. The fourth-order valence-corrected chi connectivity index (χ4v) is 3.23. The minimum Gasteiger partial charge on any atom is -0.216 e. The molecule has 2 aromatic heterocycles. The summed E-state index contributed by atoms with van der Waals surface area (Å²) in [7, 11) is 0. The van der Waals surface area contributed by atoms with E-state index in [4.69, 9.17) is 23.2 Å². The van der Waals surface area contributed by atoms with Crippen LogP contribution < -0.4 is 0 Å². The van der Waals surface area contributed by atoms with Gasteiger partial charge in [0.25, 0.3) is 0 Å². The first-order valence-corrected chi connectivity index (χ1v) is 7.65. The van der Waals surface area contributed by atoms with E-state index in [0.29, 0.717) is 21.5 Å². The number of hydrogen-bond donors (Lipinski definition) is 0. The molecule has 0 saturated carbocycles. The lowest BCUT2D eigenvalue weighted by atomic mass is 10.1. The average Bonchev–Trinajstić information content (AvgIpc) is 2.84. The Morgan fingerprint density at radius 2 is 2.00 bits per heavy atom. The summed E-state index contributed by atoms with van der Waals surface area (Å²) < 4.78 is 2.54. The normalized spacial score (nSPS) is 11.2. The van der Waals surface area contributed by atoms with E-state index in [0.717, 1.165) is 22.0 Å². The fraction of sp³-hybridized carbons (Fsp3) is 0.143. The van der Waals surface area contributed by atoms with Gasteiger partial charge in [-0.2, -0.15) is 5.10 Å². The van der Waals surface area contributed by atoms with Gasteiger partial charge in [-0.1, -0.05) is 64.3 Å². The maximum atomic E-state index is 6.48. The number of nitrogens with zero attached hydrogens (tertiary/aromatic N) is 3. The Balaban J connectivity index is 2.35.